The maximum atomic E-state index is 6.10. The van der Waals surface area contributed by atoms with E-state index in [-0.39, 0.29) is 0 Å². The molecule has 0 unspecified atom stereocenters. The van der Waals surface area contributed by atoms with Crippen molar-refractivity contribution in [2.45, 2.75) is 12.8 Å². The standard InChI is InChI=1S/C18H18Cl2O/c19-17-7-6-14(10-18(17)20)9-16-12-21-11-15(16)8-13-4-2-1-3-5-13/h1-7,10,15-16H,8-9,11-12H2/t15-,16-/m0/s1. The zero-order valence-corrected chi connectivity index (χ0v) is 13.3. The topological polar surface area (TPSA) is 9.23 Å². The van der Waals surface area contributed by atoms with Crippen molar-refractivity contribution >= 4 is 23.2 Å². The molecule has 3 heteroatoms. The van der Waals surface area contributed by atoms with Crippen LogP contribution < -0.4 is 0 Å². The van der Waals surface area contributed by atoms with Crippen LogP contribution in [0.2, 0.25) is 10.0 Å². The molecule has 1 aliphatic rings. The second-order valence-electron chi connectivity index (χ2n) is 5.70. The van der Waals surface area contributed by atoms with Crippen molar-refractivity contribution in [3.63, 3.8) is 0 Å². The summed E-state index contributed by atoms with van der Waals surface area (Å²) in [6.07, 6.45) is 2.07. The SMILES string of the molecule is Clc1ccc(C[C@H]2COC[C@@H]2Cc2ccccc2)cc1Cl. The fourth-order valence-electron chi connectivity index (χ4n) is 2.98. The van der Waals surface area contributed by atoms with Gasteiger partial charge in [-0.1, -0.05) is 59.6 Å². The zero-order valence-electron chi connectivity index (χ0n) is 11.8. The van der Waals surface area contributed by atoms with Crippen molar-refractivity contribution in [3.05, 3.63) is 69.7 Å². The van der Waals surface area contributed by atoms with E-state index in [9.17, 15) is 0 Å². The molecule has 0 bridgehead atoms. The molecule has 1 aliphatic heterocycles. The van der Waals surface area contributed by atoms with Gasteiger partial charge in [-0.05, 0) is 47.9 Å². The number of benzene rings is 2. The van der Waals surface area contributed by atoms with Crippen LogP contribution in [0.4, 0.5) is 0 Å². The highest BCUT2D eigenvalue weighted by molar-refractivity contribution is 6.42. The smallest absolute Gasteiger partial charge is 0.0595 e. The predicted octanol–water partition coefficient (Wildman–Crippen LogP) is 5.04. The number of ether oxygens (including phenoxy) is 1. The van der Waals surface area contributed by atoms with Crippen LogP contribution in [0.25, 0.3) is 0 Å². The summed E-state index contributed by atoms with van der Waals surface area (Å²) in [5, 5.41) is 1.25. The van der Waals surface area contributed by atoms with E-state index in [1.165, 1.54) is 11.1 Å². The van der Waals surface area contributed by atoms with E-state index < -0.39 is 0 Å². The molecule has 0 radical (unpaired) electrons. The summed E-state index contributed by atoms with van der Waals surface area (Å²) in [6, 6.07) is 16.5. The van der Waals surface area contributed by atoms with Gasteiger partial charge >= 0.3 is 0 Å². The molecule has 1 saturated heterocycles. The minimum absolute atomic E-state index is 0.544. The van der Waals surface area contributed by atoms with Gasteiger partial charge in [0.05, 0.1) is 23.3 Å². The van der Waals surface area contributed by atoms with E-state index in [1.54, 1.807) is 0 Å². The van der Waals surface area contributed by atoms with Gasteiger partial charge in [0.2, 0.25) is 0 Å². The molecule has 0 saturated carbocycles. The van der Waals surface area contributed by atoms with Crippen molar-refractivity contribution in [1.29, 1.82) is 0 Å². The molecule has 1 nitrogen and oxygen atoms in total. The van der Waals surface area contributed by atoms with Crippen LogP contribution in [-0.4, -0.2) is 13.2 Å². The molecular formula is C18H18Cl2O. The van der Waals surface area contributed by atoms with Gasteiger partial charge in [0.1, 0.15) is 0 Å². The highest BCUT2D eigenvalue weighted by Gasteiger charge is 2.28. The summed E-state index contributed by atoms with van der Waals surface area (Å²) >= 11 is 12.1. The second-order valence-corrected chi connectivity index (χ2v) is 6.51. The molecule has 2 aromatic rings. The molecule has 3 rings (SSSR count). The molecule has 0 spiro atoms. The van der Waals surface area contributed by atoms with Crippen LogP contribution in [-0.2, 0) is 17.6 Å². The average Bonchev–Trinajstić information content (AvgIpc) is 2.91. The Balaban J connectivity index is 1.68. The normalized spacial score (nSPS) is 21.6. The van der Waals surface area contributed by atoms with Crippen LogP contribution in [0, 0.1) is 11.8 Å². The molecule has 110 valence electrons. The largest absolute Gasteiger partial charge is 0.381 e. The number of hydrogen-bond acceptors (Lipinski definition) is 1. The Morgan fingerprint density at radius 2 is 1.48 bits per heavy atom. The molecule has 2 atom stereocenters. The van der Waals surface area contributed by atoms with Gasteiger partial charge < -0.3 is 4.74 Å². The third-order valence-corrected chi connectivity index (χ3v) is 4.89. The summed E-state index contributed by atoms with van der Waals surface area (Å²) < 4.78 is 5.71. The molecule has 1 heterocycles. The first kappa shape index (κ1) is 14.9. The van der Waals surface area contributed by atoms with E-state index in [4.69, 9.17) is 27.9 Å². The lowest BCUT2D eigenvalue weighted by Crippen LogP contribution is -2.17. The van der Waals surface area contributed by atoms with Crippen LogP contribution in [0.15, 0.2) is 48.5 Å². The van der Waals surface area contributed by atoms with Gasteiger partial charge in [-0.25, -0.2) is 0 Å². The molecule has 2 aromatic carbocycles. The quantitative estimate of drug-likeness (QED) is 0.766. The number of hydrogen-bond donors (Lipinski definition) is 0. The van der Waals surface area contributed by atoms with Crippen molar-refractivity contribution in [1.82, 2.24) is 0 Å². The van der Waals surface area contributed by atoms with E-state index in [2.05, 4.69) is 36.4 Å². The minimum Gasteiger partial charge on any atom is -0.381 e. The molecule has 0 amide bonds. The Labute approximate surface area is 135 Å². The maximum absolute atomic E-state index is 6.10. The second kappa shape index (κ2) is 6.83. The Bertz CT molecular complexity index is 597. The van der Waals surface area contributed by atoms with Crippen LogP contribution in [0.1, 0.15) is 11.1 Å². The lowest BCUT2D eigenvalue weighted by atomic mass is 9.85. The van der Waals surface area contributed by atoms with Gasteiger partial charge in [0, 0.05) is 0 Å². The van der Waals surface area contributed by atoms with Crippen LogP contribution in [0.3, 0.4) is 0 Å². The predicted molar refractivity (Wildman–Crippen MR) is 88.1 cm³/mol. The van der Waals surface area contributed by atoms with Crippen molar-refractivity contribution < 1.29 is 4.74 Å². The van der Waals surface area contributed by atoms with Crippen molar-refractivity contribution in [2.75, 3.05) is 13.2 Å². The number of rotatable bonds is 4. The molecule has 1 fully saturated rings. The average molecular weight is 321 g/mol. The van der Waals surface area contributed by atoms with E-state index in [0.717, 1.165) is 26.1 Å². The van der Waals surface area contributed by atoms with E-state index >= 15 is 0 Å². The molecule has 0 N–H and O–H groups in total. The number of halogens is 2. The fraction of sp³-hybridized carbons (Fsp3) is 0.333. The van der Waals surface area contributed by atoms with Gasteiger partial charge in [-0.3, -0.25) is 0 Å². The summed E-state index contributed by atoms with van der Waals surface area (Å²) in [5.74, 6) is 1.12. The zero-order chi connectivity index (χ0) is 14.7. The lowest BCUT2D eigenvalue weighted by molar-refractivity contribution is 0.180. The molecule has 0 aliphatic carbocycles. The monoisotopic (exact) mass is 320 g/mol. The Morgan fingerprint density at radius 1 is 0.810 bits per heavy atom. The van der Waals surface area contributed by atoms with Gasteiger partial charge in [-0.15, -0.1) is 0 Å². The Morgan fingerprint density at radius 3 is 2.14 bits per heavy atom. The van der Waals surface area contributed by atoms with Gasteiger partial charge in [0.25, 0.3) is 0 Å². The van der Waals surface area contributed by atoms with Crippen molar-refractivity contribution in [2.24, 2.45) is 11.8 Å². The van der Waals surface area contributed by atoms with Gasteiger partial charge in [0.15, 0.2) is 0 Å². The first-order chi connectivity index (χ1) is 10.2. The van der Waals surface area contributed by atoms with Crippen molar-refractivity contribution in [3.8, 4) is 0 Å². The Kier molecular flexibility index (Phi) is 4.84. The minimum atomic E-state index is 0.544. The van der Waals surface area contributed by atoms with Crippen LogP contribution in [0.5, 0.6) is 0 Å². The fourth-order valence-corrected chi connectivity index (χ4v) is 3.30. The Hall–Kier alpha value is -1.02. The lowest BCUT2D eigenvalue weighted by Gasteiger charge is -2.18. The molecule has 21 heavy (non-hydrogen) atoms. The molecule has 0 aromatic heterocycles. The molecular weight excluding hydrogens is 303 g/mol. The highest BCUT2D eigenvalue weighted by atomic mass is 35.5. The van der Waals surface area contributed by atoms with Crippen LogP contribution >= 0.6 is 23.2 Å². The third-order valence-electron chi connectivity index (χ3n) is 4.15. The first-order valence-electron chi connectivity index (χ1n) is 7.28. The highest BCUT2D eigenvalue weighted by Crippen LogP contribution is 2.30. The maximum Gasteiger partial charge on any atom is 0.0595 e. The third kappa shape index (κ3) is 3.79. The summed E-state index contributed by atoms with van der Waals surface area (Å²) in [5.41, 5.74) is 2.62. The van der Waals surface area contributed by atoms with Gasteiger partial charge in [-0.2, -0.15) is 0 Å². The van der Waals surface area contributed by atoms with E-state index in [0.29, 0.717) is 21.9 Å². The summed E-state index contributed by atoms with van der Waals surface area (Å²) in [7, 11) is 0. The summed E-state index contributed by atoms with van der Waals surface area (Å²) in [4.78, 5) is 0. The van der Waals surface area contributed by atoms with E-state index in [1.807, 2.05) is 12.1 Å². The first-order valence-corrected chi connectivity index (χ1v) is 8.03. The summed E-state index contributed by atoms with van der Waals surface area (Å²) in [6.45, 7) is 1.68.